The maximum absolute atomic E-state index is 12.4. The fourth-order valence-corrected chi connectivity index (χ4v) is 2.43. The van der Waals surface area contributed by atoms with Crippen molar-refractivity contribution in [3.05, 3.63) is 71.8 Å². The summed E-state index contributed by atoms with van der Waals surface area (Å²) in [6.07, 6.45) is 2.22. The highest BCUT2D eigenvalue weighted by Gasteiger charge is 2.18. The van der Waals surface area contributed by atoms with Gasteiger partial charge in [-0.2, -0.15) is 0 Å². The minimum Gasteiger partial charge on any atom is -0.356 e. The highest BCUT2D eigenvalue weighted by molar-refractivity contribution is 5.94. The third-order valence-corrected chi connectivity index (χ3v) is 3.79. The van der Waals surface area contributed by atoms with E-state index in [1.54, 1.807) is 12.1 Å². The van der Waals surface area contributed by atoms with Gasteiger partial charge in [-0.05, 0) is 24.1 Å². The smallest absolute Gasteiger partial charge is 0.251 e. The fraction of sp³-hybridized carbons (Fsp3) is 0.300. The van der Waals surface area contributed by atoms with Gasteiger partial charge in [0.05, 0.1) is 12.5 Å². The Morgan fingerprint density at radius 3 is 2.21 bits per heavy atom. The van der Waals surface area contributed by atoms with Crippen LogP contribution in [0.25, 0.3) is 0 Å². The quantitative estimate of drug-likeness (QED) is 0.731. The van der Waals surface area contributed by atoms with Gasteiger partial charge in [0.1, 0.15) is 0 Å². The molecule has 0 radical (unpaired) electrons. The maximum Gasteiger partial charge on any atom is 0.251 e. The van der Waals surface area contributed by atoms with E-state index >= 15 is 0 Å². The van der Waals surface area contributed by atoms with E-state index in [9.17, 15) is 9.59 Å². The summed E-state index contributed by atoms with van der Waals surface area (Å²) in [4.78, 5) is 24.6. The summed E-state index contributed by atoms with van der Waals surface area (Å²) < 4.78 is 0. The predicted molar refractivity (Wildman–Crippen MR) is 95.6 cm³/mol. The van der Waals surface area contributed by atoms with Crippen LogP contribution in [0.3, 0.4) is 0 Å². The first-order valence-electron chi connectivity index (χ1n) is 8.38. The van der Waals surface area contributed by atoms with Crippen molar-refractivity contribution in [2.24, 2.45) is 0 Å². The van der Waals surface area contributed by atoms with E-state index in [-0.39, 0.29) is 24.3 Å². The summed E-state index contributed by atoms with van der Waals surface area (Å²) in [5.74, 6) is -0.225. The number of hydrogen-bond acceptors (Lipinski definition) is 2. The predicted octanol–water partition coefficient (Wildman–Crippen LogP) is 3.46. The van der Waals surface area contributed by atoms with E-state index < -0.39 is 0 Å². The Morgan fingerprint density at radius 1 is 0.958 bits per heavy atom. The highest BCUT2D eigenvalue weighted by Crippen LogP contribution is 2.17. The molecule has 0 aliphatic heterocycles. The molecule has 2 N–H and O–H groups in total. The lowest BCUT2D eigenvalue weighted by atomic mass is 10.0. The second-order valence-corrected chi connectivity index (χ2v) is 5.71. The molecular weight excluding hydrogens is 300 g/mol. The molecule has 2 aromatic rings. The zero-order valence-electron chi connectivity index (χ0n) is 14.0. The van der Waals surface area contributed by atoms with Crippen LogP contribution in [0.1, 0.15) is 48.1 Å². The van der Waals surface area contributed by atoms with Gasteiger partial charge >= 0.3 is 0 Å². The van der Waals surface area contributed by atoms with Gasteiger partial charge in [0.2, 0.25) is 5.91 Å². The van der Waals surface area contributed by atoms with Crippen molar-refractivity contribution >= 4 is 11.8 Å². The molecule has 0 aliphatic rings. The molecule has 2 amide bonds. The molecule has 1 atom stereocenters. The van der Waals surface area contributed by atoms with Gasteiger partial charge in [-0.15, -0.1) is 0 Å². The molecule has 0 aliphatic carbocycles. The van der Waals surface area contributed by atoms with Crippen molar-refractivity contribution in [3.63, 3.8) is 0 Å². The Bertz CT molecular complexity index is 641. The van der Waals surface area contributed by atoms with Crippen LogP contribution in [0.4, 0.5) is 0 Å². The average molecular weight is 324 g/mol. The third kappa shape index (κ3) is 5.54. The fourth-order valence-electron chi connectivity index (χ4n) is 2.43. The summed E-state index contributed by atoms with van der Waals surface area (Å²) in [7, 11) is 0. The topological polar surface area (TPSA) is 58.2 Å². The second kappa shape index (κ2) is 9.50. The Balaban J connectivity index is 2.06. The van der Waals surface area contributed by atoms with Crippen LogP contribution in [0.5, 0.6) is 0 Å². The number of amides is 2. The lowest BCUT2D eigenvalue weighted by molar-refractivity contribution is -0.121. The van der Waals surface area contributed by atoms with E-state index in [2.05, 4.69) is 17.6 Å². The standard InChI is InChI=1S/C20H24N2O2/c1-2-3-14-21-19(23)15-18(16-10-6-4-7-11-16)22-20(24)17-12-8-5-9-13-17/h4-13,18H,2-3,14-15H2,1H3,(H,21,23)(H,22,24)/t18-/m1/s1. The minimum absolute atomic E-state index is 0.0503. The SMILES string of the molecule is CCCCNC(=O)C[C@@H](NC(=O)c1ccccc1)c1ccccc1. The molecule has 126 valence electrons. The molecular formula is C20H24N2O2. The maximum atomic E-state index is 12.4. The van der Waals surface area contributed by atoms with Crippen molar-refractivity contribution in [1.29, 1.82) is 0 Å². The number of nitrogens with one attached hydrogen (secondary N) is 2. The largest absolute Gasteiger partial charge is 0.356 e. The van der Waals surface area contributed by atoms with E-state index in [1.165, 1.54) is 0 Å². The number of carbonyl (C=O) groups is 2. The van der Waals surface area contributed by atoms with Crippen LogP contribution in [-0.2, 0) is 4.79 Å². The number of rotatable bonds is 8. The number of hydrogen-bond donors (Lipinski definition) is 2. The molecule has 0 bridgehead atoms. The monoisotopic (exact) mass is 324 g/mol. The molecule has 0 aromatic heterocycles. The van der Waals surface area contributed by atoms with Gasteiger partial charge in [0, 0.05) is 12.1 Å². The molecule has 0 heterocycles. The van der Waals surface area contributed by atoms with E-state index in [4.69, 9.17) is 0 Å². The summed E-state index contributed by atoms with van der Waals surface area (Å²) in [6.45, 7) is 2.75. The summed E-state index contributed by atoms with van der Waals surface area (Å²) >= 11 is 0. The zero-order valence-corrected chi connectivity index (χ0v) is 14.0. The van der Waals surface area contributed by atoms with Gasteiger partial charge in [0.25, 0.3) is 5.91 Å². The Kier molecular flexibility index (Phi) is 7.02. The van der Waals surface area contributed by atoms with E-state index in [1.807, 2.05) is 48.5 Å². The van der Waals surface area contributed by atoms with Crippen molar-refractivity contribution in [2.75, 3.05) is 6.54 Å². The van der Waals surface area contributed by atoms with Crippen LogP contribution >= 0.6 is 0 Å². The first-order valence-corrected chi connectivity index (χ1v) is 8.38. The van der Waals surface area contributed by atoms with Crippen LogP contribution < -0.4 is 10.6 Å². The molecule has 4 heteroatoms. The highest BCUT2D eigenvalue weighted by atomic mass is 16.2. The Morgan fingerprint density at radius 2 is 1.58 bits per heavy atom. The lowest BCUT2D eigenvalue weighted by Gasteiger charge is -2.19. The molecule has 0 unspecified atom stereocenters. The molecule has 0 spiro atoms. The van der Waals surface area contributed by atoms with Gasteiger partial charge in [-0.25, -0.2) is 0 Å². The molecule has 0 saturated heterocycles. The minimum atomic E-state index is -0.347. The normalized spacial score (nSPS) is 11.5. The van der Waals surface area contributed by atoms with Crippen LogP contribution in [-0.4, -0.2) is 18.4 Å². The first-order chi connectivity index (χ1) is 11.7. The van der Waals surface area contributed by atoms with Crippen molar-refractivity contribution in [2.45, 2.75) is 32.2 Å². The van der Waals surface area contributed by atoms with Crippen molar-refractivity contribution < 1.29 is 9.59 Å². The number of carbonyl (C=O) groups excluding carboxylic acids is 2. The number of benzene rings is 2. The second-order valence-electron chi connectivity index (χ2n) is 5.71. The van der Waals surface area contributed by atoms with Crippen LogP contribution in [0, 0.1) is 0 Å². The molecule has 0 fully saturated rings. The Hall–Kier alpha value is -2.62. The van der Waals surface area contributed by atoms with E-state index in [0.717, 1.165) is 18.4 Å². The number of unbranched alkanes of at least 4 members (excludes halogenated alkanes) is 1. The van der Waals surface area contributed by atoms with Crippen molar-refractivity contribution in [3.8, 4) is 0 Å². The Labute approximate surface area is 143 Å². The van der Waals surface area contributed by atoms with Gasteiger partial charge in [-0.3, -0.25) is 9.59 Å². The zero-order chi connectivity index (χ0) is 17.2. The van der Waals surface area contributed by atoms with Gasteiger partial charge in [0.15, 0.2) is 0 Å². The van der Waals surface area contributed by atoms with Gasteiger partial charge < -0.3 is 10.6 Å². The molecule has 4 nitrogen and oxygen atoms in total. The molecule has 2 aromatic carbocycles. The van der Waals surface area contributed by atoms with Crippen molar-refractivity contribution in [1.82, 2.24) is 10.6 Å². The van der Waals surface area contributed by atoms with Gasteiger partial charge in [-0.1, -0.05) is 61.9 Å². The summed E-state index contributed by atoms with van der Waals surface area (Å²) in [5.41, 5.74) is 1.51. The summed E-state index contributed by atoms with van der Waals surface area (Å²) in [6, 6.07) is 18.3. The molecule has 2 rings (SSSR count). The van der Waals surface area contributed by atoms with E-state index in [0.29, 0.717) is 12.1 Å². The molecule has 0 saturated carbocycles. The third-order valence-electron chi connectivity index (χ3n) is 3.79. The lowest BCUT2D eigenvalue weighted by Crippen LogP contribution is -2.34. The van der Waals surface area contributed by atoms with Crippen LogP contribution in [0.2, 0.25) is 0 Å². The molecule has 24 heavy (non-hydrogen) atoms. The van der Waals surface area contributed by atoms with Crippen LogP contribution in [0.15, 0.2) is 60.7 Å². The first kappa shape index (κ1) is 17.7. The summed E-state index contributed by atoms with van der Waals surface area (Å²) in [5, 5.41) is 5.88. The average Bonchev–Trinajstić information content (AvgIpc) is 2.63.